The first kappa shape index (κ1) is 38.9. The van der Waals surface area contributed by atoms with Gasteiger partial charge in [-0.05, 0) is 84.2 Å². The van der Waals surface area contributed by atoms with Gasteiger partial charge in [0.25, 0.3) is 0 Å². The molecule has 0 radical (unpaired) electrons. The van der Waals surface area contributed by atoms with Gasteiger partial charge in [-0.25, -0.2) is 14.8 Å². The molecule has 57 heavy (non-hydrogen) atoms. The number of carbonyl (C=O) groups is 3. The number of ether oxygens (including phenoxy) is 1. The highest BCUT2D eigenvalue weighted by molar-refractivity contribution is 5.86. The second kappa shape index (κ2) is 15.4. The topological polar surface area (TPSA) is 140 Å². The minimum Gasteiger partial charge on any atom is -0.453 e. The number of imidazole rings is 2. The van der Waals surface area contributed by atoms with Gasteiger partial charge in [0.15, 0.2) is 0 Å². The molecule has 0 spiro atoms. The third-order valence-electron chi connectivity index (χ3n) is 12.9. The minimum absolute atomic E-state index is 0.0190. The number of carbonyl (C=O) groups excluding carboxylic acids is 3. The molecule has 3 saturated heterocycles. The van der Waals surface area contributed by atoms with Gasteiger partial charge in [0, 0.05) is 37.2 Å². The zero-order valence-corrected chi connectivity index (χ0v) is 34.6. The van der Waals surface area contributed by atoms with Crippen molar-refractivity contribution in [3.8, 4) is 33.6 Å². The second-order valence-corrected chi connectivity index (χ2v) is 17.9. The van der Waals surface area contributed by atoms with Gasteiger partial charge in [-0.15, -0.1) is 0 Å². The van der Waals surface area contributed by atoms with Crippen molar-refractivity contribution in [3.63, 3.8) is 0 Å². The lowest BCUT2D eigenvalue weighted by Gasteiger charge is -2.30. The first-order valence-electron chi connectivity index (χ1n) is 20.9. The number of aromatic amines is 2. The predicted octanol–water partition coefficient (Wildman–Crippen LogP) is 8.20. The van der Waals surface area contributed by atoms with Crippen molar-refractivity contribution in [2.75, 3.05) is 27.2 Å². The van der Waals surface area contributed by atoms with Crippen LogP contribution >= 0.6 is 0 Å². The molecular weight excluding hydrogens is 717 g/mol. The number of methoxy groups -OCH3 is 1. The first-order valence-corrected chi connectivity index (χ1v) is 20.9. The molecule has 12 nitrogen and oxygen atoms in total. The smallest absolute Gasteiger partial charge is 0.407 e. The number of benzene rings is 2. The minimum atomic E-state index is -0.689. The van der Waals surface area contributed by atoms with Crippen LogP contribution in [0.2, 0.25) is 0 Å². The van der Waals surface area contributed by atoms with E-state index in [1.165, 1.54) is 29.4 Å². The molecule has 2 aromatic carbocycles. The zero-order valence-electron chi connectivity index (χ0n) is 34.6. The molecule has 3 amide bonds. The molecule has 3 fully saturated rings. The molecule has 6 heterocycles. The molecule has 4 aromatic rings. The lowest BCUT2D eigenvalue weighted by Crippen LogP contribution is -2.51. The van der Waals surface area contributed by atoms with Gasteiger partial charge >= 0.3 is 6.09 Å². The largest absolute Gasteiger partial charge is 0.453 e. The van der Waals surface area contributed by atoms with Gasteiger partial charge < -0.3 is 29.8 Å². The summed E-state index contributed by atoms with van der Waals surface area (Å²) in [6.07, 6.45) is 7.72. The lowest BCUT2D eigenvalue weighted by atomic mass is 9.82. The highest BCUT2D eigenvalue weighted by atomic mass is 16.5. The van der Waals surface area contributed by atoms with Gasteiger partial charge in [0.2, 0.25) is 11.8 Å². The Morgan fingerprint density at radius 3 is 1.93 bits per heavy atom. The number of fused-ring (bicyclic) bond motifs is 5. The van der Waals surface area contributed by atoms with Crippen LogP contribution in [0.3, 0.4) is 0 Å². The van der Waals surface area contributed by atoms with E-state index in [4.69, 9.17) is 14.7 Å². The molecule has 2 unspecified atom stereocenters. The van der Waals surface area contributed by atoms with E-state index in [1.807, 2.05) is 36.0 Å². The summed E-state index contributed by atoms with van der Waals surface area (Å²) in [6, 6.07) is 13.0. The third kappa shape index (κ3) is 7.15. The standard InChI is InChI=1S/C45H58N8O4/c1-24(2)17-38(54)52-22-26(5)18-36(52)42-46-20-32(48-42)29-11-9-28(10-12-29)30-13-14-31(40-35-16-15-34(39(30)40)51(35)7)33-21-47-43(49-33)37-19-27(6)23-53(37)44(55)41(25(3)4)50-45(56)57-8/h9-14,20-21,24-27,34-37,41H,15-19,22-23H2,1-8H3,(H,46,48)(H,47,49)(H,50,56)/t26-,27-,34?,35?,36-,37-,41-/m0/s1. The molecule has 12 heteroatoms. The molecule has 3 N–H and O–H groups in total. The molecule has 2 bridgehead atoms. The number of likely N-dealkylation sites (tertiary alicyclic amines) is 2. The summed E-state index contributed by atoms with van der Waals surface area (Å²) in [5.41, 5.74) is 9.32. The Kier molecular flexibility index (Phi) is 10.5. The van der Waals surface area contributed by atoms with Crippen molar-refractivity contribution >= 4 is 17.9 Å². The van der Waals surface area contributed by atoms with Crippen molar-refractivity contribution in [1.82, 2.24) is 40.0 Å². The number of hydrogen-bond acceptors (Lipinski definition) is 7. The van der Waals surface area contributed by atoms with E-state index in [-0.39, 0.29) is 29.8 Å². The summed E-state index contributed by atoms with van der Waals surface area (Å²) in [7, 11) is 3.56. The summed E-state index contributed by atoms with van der Waals surface area (Å²) in [5.74, 6) is 2.68. The highest BCUT2D eigenvalue weighted by Crippen LogP contribution is 2.57. The number of rotatable bonds is 10. The maximum Gasteiger partial charge on any atom is 0.407 e. The molecule has 0 aliphatic carbocycles. The lowest BCUT2D eigenvalue weighted by molar-refractivity contribution is -0.135. The Morgan fingerprint density at radius 2 is 1.32 bits per heavy atom. The Morgan fingerprint density at radius 1 is 0.772 bits per heavy atom. The molecule has 8 rings (SSSR count). The van der Waals surface area contributed by atoms with Gasteiger partial charge in [-0.2, -0.15) is 0 Å². The van der Waals surface area contributed by atoms with E-state index < -0.39 is 12.1 Å². The van der Waals surface area contributed by atoms with Crippen molar-refractivity contribution in [2.45, 2.75) is 104 Å². The number of hydrogen-bond donors (Lipinski definition) is 3. The average Bonchev–Trinajstić information content (AvgIpc) is 4.05. The normalized spacial score (nSPS) is 24.8. The van der Waals surface area contributed by atoms with Gasteiger partial charge in [-0.3, -0.25) is 14.5 Å². The Balaban J connectivity index is 1.06. The zero-order chi connectivity index (χ0) is 40.3. The summed E-state index contributed by atoms with van der Waals surface area (Å²) < 4.78 is 4.83. The summed E-state index contributed by atoms with van der Waals surface area (Å²) >= 11 is 0. The molecule has 4 aliphatic heterocycles. The molecule has 302 valence electrons. The number of aromatic nitrogens is 4. The van der Waals surface area contributed by atoms with Gasteiger partial charge in [0.05, 0.1) is 43.0 Å². The van der Waals surface area contributed by atoms with Crippen molar-refractivity contribution in [2.24, 2.45) is 23.7 Å². The van der Waals surface area contributed by atoms with Gasteiger partial charge in [0.1, 0.15) is 17.7 Å². The van der Waals surface area contributed by atoms with E-state index in [0.717, 1.165) is 66.4 Å². The monoisotopic (exact) mass is 774 g/mol. The van der Waals surface area contributed by atoms with E-state index in [1.54, 1.807) is 0 Å². The predicted molar refractivity (Wildman–Crippen MR) is 220 cm³/mol. The van der Waals surface area contributed by atoms with E-state index in [0.29, 0.717) is 42.8 Å². The number of alkyl carbamates (subject to hydrolysis) is 1. The number of nitrogens with zero attached hydrogens (tertiary/aromatic N) is 5. The maximum absolute atomic E-state index is 13.9. The van der Waals surface area contributed by atoms with Crippen LogP contribution in [-0.2, 0) is 14.3 Å². The van der Waals surface area contributed by atoms with Crippen LogP contribution in [0.15, 0.2) is 48.8 Å². The van der Waals surface area contributed by atoms with Crippen LogP contribution in [0.1, 0.15) is 121 Å². The van der Waals surface area contributed by atoms with Gasteiger partial charge in [-0.1, -0.05) is 77.9 Å². The van der Waals surface area contributed by atoms with Crippen LogP contribution in [0, 0.1) is 23.7 Å². The van der Waals surface area contributed by atoms with E-state index in [9.17, 15) is 14.4 Å². The molecule has 7 atom stereocenters. The first-order chi connectivity index (χ1) is 27.3. The molecule has 2 aromatic heterocycles. The highest BCUT2D eigenvalue weighted by Gasteiger charge is 2.45. The maximum atomic E-state index is 13.9. The average molecular weight is 775 g/mol. The van der Waals surface area contributed by atoms with Crippen molar-refractivity contribution < 1.29 is 19.1 Å². The molecule has 4 aliphatic rings. The van der Waals surface area contributed by atoms with Crippen molar-refractivity contribution in [1.29, 1.82) is 0 Å². The fraction of sp³-hybridized carbons (Fsp3) is 0.533. The Labute approximate surface area is 336 Å². The fourth-order valence-corrected chi connectivity index (χ4v) is 10.1. The van der Waals surface area contributed by atoms with Crippen LogP contribution in [0.4, 0.5) is 4.79 Å². The molecular formula is C45H58N8O4. The SMILES string of the molecule is COC(=O)N[C@H](C(=O)N1C[C@@H](C)C[C@H]1c1ncc(-c2ccc(-c3ccc(-c4cnc([C@@H]5C[C@H](C)CN5C(=O)CC(C)C)[nH]4)cc3)c3c2C2CCC3N2C)[nH]1)C(C)C. The van der Waals surface area contributed by atoms with E-state index >= 15 is 0 Å². The van der Waals surface area contributed by atoms with Crippen LogP contribution in [-0.4, -0.2) is 85.8 Å². The Bertz CT molecular complexity index is 2140. The van der Waals surface area contributed by atoms with Crippen molar-refractivity contribution in [3.05, 3.63) is 71.6 Å². The summed E-state index contributed by atoms with van der Waals surface area (Å²) in [6.45, 7) is 13.8. The number of nitrogens with one attached hydrogen (secondary N) is 3. The van der Waals surface area contributed by atoms with Crippen LogP contribution < -0.4 is 5.32 Å². The van der Waals surface area contributed by atoms with E-state index in [2.05, 4.69) is 91.3 Å². The van der Waals surface area contributed by atoms with Crippen LogP contribution in [0.25, 0.3) is 33.6 Å². The fourth-order valence-electron chi connectivity index (χ4n) is 10.1. The Hall–Kier alpha value is -4.97. The van der Waals surface area contributed by atoms with Crippen LogP contribution in [0.5, 0.6) is 0 Å². The number of H-pyrrole nitrogens is 2. The summed E-state index contributed by atoms with van der Waals surface area (Å²) in [5, 5.41) is 2.76. The second-order valence-electron chi connectivity index (χ2n) is 17.9. The third-order valence-corrected chi connectivity index (χ3v) is 12.9. The summed E-state index contributed by atoms with van der Waals surface area (Å²) in [4.78, 5) is 62.5. The number of amides is 3. The molecule has 0 saturated carbocycles. The quantitative estimate of drug-likeness (QED) is 0.148.